The standard InChI is InChI=1S/C11H13ClIN/c12-8-4-5-9(10(13)6-8)11(14)7-2-1-3-7/h4-7,11H,1-3,14H2/t11-/m1/s1. The van der Waals surface area contributed by atoms with Crippen molar-refractivity contribution in [1.29, 1.82) is 0 Å². The van der Waals surface area contributed by atoms with E-state index in [0.29, 0.717) is 5.92 Å². The van der Waals surface area contributed by atoms with Gasteiger partial charge in [-0.2, -0.15) is 0 Å². The van der Waals surface area contributed by atoms with E-state index in [1.165, 1.54) is 28.4 Å². The Bertz CT molecular complexity index is 336. The largest absolute Gasteiger partial charge is 0.324 e. The van der Waals surface area contributed by atoms with Crippen LogP contribution in [0.4, 0.5) is 0 Å². The molecule has 0 bridgehead atoms. The SMILES string of the molecule is N[C@@H](c1ccc(Cl)cc1I)C1CCC1. The van der Waals surface area contributed by atoms with Crippen LogP contribution >= 0.6 is 34.2 Å². The molecule has 2 rings (SSSR count). The average molecular weight is 322 g/mol. The maximum absolute atomic E-state index is 6.20. The Morgan fingerprint density at radius 2 is 2.14 bits per heavy atom. The number of hydrogen-bond acceptors (Lipinski definition) is 1. The second-order valence-corrected chi connectivity index (χ2v) is 5.48. The maximum atomic E-state index is 6.20. The summed E-state index contributed by atoms with van der Waals surface area (Å²) in [6, 6.07) is 6.17. The fourth-order valence-electron chi connectivity index (χ4n) is 1.82. The lowest BCUT2D eigenvalue weighted by molar-refractivity contribution is 0.264. The van der Waals surface area contributed by atoms with Crippen molar-refractivity contribution >= 4 is 34.2 Å². The molecule has 0 aromatic heterocycles. The summed E-state index contributed by atoms with van der Waals surface area (Å²) < 4.78 is 1.19. The van der Waals surface area contributed by atoms with E-state index in [0.717, 1.165) is 5.02 Å². The third-order valence-electron chi connectivity index (χ3n) is 2.98. The van der Waals surface area contributed by atoms with Gasteiger partial charge in [0, 0.05) is 14.6 Å². The van der Waals surface area contributed by atoms with Gasteiger partial charge in [0.2, 0.25) is 0 Å². The first-order chi connectivity index (χ1) is 6.68. The highest BCUT2D eigenvalue weighted by atomic mass is 127. The number of hydrogen-bond donors (Lipinski definition) is 1. The van der Waals surface area contributed by atoms with Gasteiger partial charge in [-0.3, -0.25) is 0 Å². The van der Waals surface area contributed by atoms with Crippen molar-refractivity contribution in [3.05, 3.63) is 32.4 Å². The molecule has 0 saturated heterocycles. The molecule has 1 saturated carbocycles. The molecule has 0 aliphatic heterocycles. The maximum Gasteiger partial charge on any atom is 0.0416 e. The highest BCUT2D eigenvalue weighted by Crippen LogP contribution is 2.37. The monoisotopic (exact) mass is 321 g/mol. The van der Waals surface area contributed by atoms with Crippen molar-refractivity contribution < 1.29 is 0 Å². The third kappa shape index (κ3) is 2.07. The van der Waals surface area contributed by atoms with Crippen LogP contribution in [0.3, 0.4) is 0 Å². The van der Waals surface area contributed by atoms with Crippen LogP contribution in [-0.2, 0) is 0 Å². The van der Waals surface area contributed by atoms with Gasteiger partial charge in [-0.1, -0.05) is 24.1 Å². The summed E-state index contributed by atoms with van der Waals surface area (Å²) in [6.07, 6.45) is 3.89. The van der Waals surface area contributed by atoms with E-state index in [2.05, 4.69) is 28.7 Å². The van der Waals surface area contributed by atoms with Gasteiger partial charge in [0.05, 0.1) is 0 Å². The van der Waals surface area contributed by atoms with Gasteiger partial charge in [-0.05, 0) is 59.0 Å². The predicted molar refractivity (Wildman–Crippen MR) is 68.4 cm³/mol. The van der Waals surface area contributed by atoms with E-state index in [1.807, 2.05) is 12.1 Å². The lowest BCUT2D eigenvalue weighted by atomic mass is 9.78. The summed E-state index contributed by atoms with van der Waals surface area (Å²) in [5, 5.41) is 0.791. The second kappa shape index (κ2) is 4.37. The minimum Gasteiger partial charge on any atom is -0.324 e. The molecule has 0 spiro atoms. The first kappa shape index (κ1) is 10.7. The van der Waals surface area contributed by atoms with Crippen molar-refractivity contribution in [2.24, 2.45) is 11.7 Å². The zero-order valence-electron chi connectivity index (χ0n) is 7.84. The van der Waals surface area contributed by atoms with Crippen LogP contribution < -0.4 is 5.73 Å². The molecular formula is C11H13ClIN. The molecule has 14 heavy (non-hydrogen) atoms. The van der Waals surface area contributed by atoms with Crippen molar-refractivity contribution in [1.82, 2.24) is 0 Å². The topological polar surface area (TPSA) is 26.0 Å². The molecule has 1 fully saturated rings. The first-order valence-corrected chi connectivity index (χ1v) is 6.34. The molecule has 0 amide bonds. The minimum absolute atomic E-state index is 0.202. The van der Waals surface area contributed by atoms with E-state index in [4.69, 9.17) is 17.3 Å². The molecule has 1 atom stereocenters. The van der Waals surface area contributed by atoms with Crippen LogP contribution in [0.25, 0.3) is 0 Å². The van der Waals surface area contributed by atoms with E-state index in [9.17, 15) is 0 Å². The van der Waals surface area contributed by atoms with E-state index >= 15 is 0 Å². The Hall–Kier alpha value is 0.200. The number of nitrogens with two attached hydrogens (primary N) is 1. The number of halogens is 2. The van der Waals surface area contributed by atoms with Gasteiger partial charge in [0.1, 0.15) is 0 Å². The molecule has 1 aliphatic rings. The van der Waals surface area contributed by atoms with Gasteiger partial charge in [0.25, 0.3) is 0 Å². The lowest BCUT2D eigenvalue weighted by Crippen LogP contribution is -2.27. The average Bonchev–Trinajstić information content (AvgIpc) is 2.00. The summed E-state index contributed by atoms with van der Waals surface area (Å²) >= 11 is 8.21. The number of benzene rings is 1. The van der Waals surface area contributed by atoms with Crippen molar-refractivity contribution in [3.8, 4) is 0 Å². The Kier molecular flexibility index (Phi) is 3.34. The third-order valence-corrected chi connectivity index (χ3v) is 4.15. The summed E-state index contributed by atoms with van der Waals surface area (Å²) in [7, 11) is 0. The Balaban J connectivity index is 2.22. The highest BCUT2D eigenvalue weighted by molar-refractivity contribution is 14.1. The van der Waals surface area contributed by atoms with Gasteiger partial charge in [0.15, 0.2) is 0 Å². The minimum atomic E-state index is 0.202. The van der Waals surface area contributed by atoms with Crippen molar-refractivity contribution in [2.75, 3.05) is 0 Å². The van der Waals surface area contributed by atoms with Crippen molar-refractivity contribution in [3.63, 3.8) is 0 Å². The zero-order valence-corrected chi connectivity index (χ0v) is 10.8. The predicted octanol–water partition coefficient (Wildman–Crippen LogP) is 3.74. The Labute approximate surface area is 103 Å². The number of rotatable bonds is 2. The molecule has 2 N–H and O–H groups in total. The highest BCUT2D eigenvalue weighted by Gasteiger charge is 2.26. The zero-order chi connectivity index (χ0) is 10.1. The van der Waals surface area contributed by atoms with Crippen LogP contribution in [0.2, 0.25) is 5.02 Å². The van der Waals surface area contributed by atoms with Gasteiger partial charge < -0.3 is 5.73 Å². The molecule has 1 aromatic carbocycles. The Morgan fingerprint density at radius 1 is 1.43 bits per heavy atom. The molecule has 0 unspecified atom stereocenters. The van der Waals surface area contributed by atoms with Crippen LogP contribution in [-0.4, -0.2) is 0 Å². The summed E-state index contributed by atoms with van der Waals surface area (Å²) in [5.41, 5.74) is 7.45. The van der Waals surface area contributed by atoms with E-state index in [-0.39, 0.29) is 6.04 Å². The van der Waals surface area contributed by atoms with Crippen LogP contribution in [0.1, 0.15) is 30.9 Å². The molecule has 1 aromatic rings. The second-order valence-electron chi connectivity index (χ2n) is 3.88. The summed E-state index contributed by atoms with van der Waals surface area (Å²) in [4.78, 5) is 0. The fraction of sp³-hybridized carbons (Fsp3) is 0.455. The smallest absolute Gasteiger partial charge is 0.0416 e. The van der Waals surface area contributed by atoms with Crippen molar-refractivity contribution in [2.45, 2.75) is 25.3 Å². The molecule has 0 radical (unpaired) electrons. The van der Waals surface area contributed by atoms with Gasteiger partial charge in [-0.15, -0.1) is 0 Å². The van der Waals surface area contributed by atoms with Gasteiger partial charge >= 0.3 is 0 Å². The first-order valence-electron chi connectivity index (χ1n) is 4.89. The summed E-state index contributed by atoms with van der Waals surface area (Å²) in [5.74, 6) is 0.685. The Morgan fingerprint density at radius 3 is 2.64 bits per heavy atom. The molecule has 3 heteroatoms. The van der Waals surface area contributed by atoms with Crippen LogP contribution in [0.5, 0.6) is 0 Å². The summed E-state index contributed by atoms with van der Waals surface area (Å²) in [6.45, 7) is 0. The molecule has 1 aliphatic carbocycles. The van der Waals surface area contributed by atoms with Crippen LogP contribution in [0, 0.1) is 9.49 Å². The quantitative estimate of drug-likeness (QED) is 0.825. The normalized spacial score (nSPS) is 19.1. The lowest BCUT2D eigenvalue weighted by Gasteiger charge is -2.32. The molecule has 76 valence electrons. The van der Waals surface area contributed by atoms with E-state index in [1.54, 1.807) is 0 Å². The van der Waals surface area contributed by atoms with Crippen LogP contribution in [0.15, 0.2) is 18.2 Å². The van der Waals surface area contributed by atoms with E-state index < -0.39 is 0 Å². The van der Waals surface area contributed by atoms with Gasteiger partial charge in [-0.25, -0.2) is 0 Å². The molecule has 0 heterocycles. The molecular weight excluding hydrogens is 308 g/mol. The fourth-order valence-corrected chi connectivity index (χ4v) is 3.06. The molecule has 1 nitrogen and oxygen atoms in total.